The van der Waals surface area contributed by atoms with Crippen molar-refractivity contribution >= 4 is 55.9 Å². The maximum atomic E-state index is 6.58. The van der Waals surface area contributed by atoms with Crippen LogP contribution >= 0.6 is 0 Å². The molecule has 0 spiro atoms. The molecule has 0 bridgehead atoms. The maximum absolute atomic E-state index is 6.58. The number of para-hydroxylation sites is 2. The first kappa shape index (κ1) is 32.8. The molecule has 0 aliphatic heterocycles. The first-order valence-electron chi connectivity index (χ1n) is 20.2. The van der Waals surface area contributed by atoms with Gasteiger partial charge in [-0.1, -0.05) is 133 Å². The third-order valence-corrected chi connectivity index (χ3v) is 12.5. The number of nitrogens with zero attached hydrogens (tertiary/aromatic N) is 2. The molecule has 3 heteroatoms. The van der Waals surface area contributed by atoms with Crippen molar-refractivity contribution < 1.29 is 4.42 Å². The van der Waals surface area contributed by atoms with Gasteiger partial charge in [0.25, 0.3) is 0 Å². The van der Waals surface area contributed by atoms with Gasteiger partial charge in [0.1, 0.15) is 11.3 Å². The molecule has 0 N–H and O–H groups in total. The van der Waals surface area contributed by atoms with Crippen LogP contribution in [0, 0.1) is 0 Å². The van der Waals surface area contributed by atoms with Crippen LogP contribution in [0.15, 0.2) is 205 Å². The molecule has 0 saturated heterocycles. The molecule has 2 heterocycles. The lowest BCUT2D eigenvalue weighted by Gasteiger charge is -2.35. The second kappa shape index (κ2) is 12.8. The minimum atomic E-state index is -0.514. The van der Waals surface area contributed by atoms with Gasteiger partial charge in [0, 0.05) is 50.5 Å². The Morgan fingerprint density at radius 2 is 1.10 bits per heavy atom. The van der Waals surface area contributed by atoms with Gasteiger partial charge in [0.2, 0.25) is 0 Å². The van der Waals surface area contributed by atoms with Crippen LogP contribution in [0.5, 0.6) is 0 Å². The van der Waals surface area contributed by atoms with Crippen molar-refractivity contribution in [1.29, 1.82) is 0 Å². The van der Waals surface area contributed by atoms with E-state index in [1.807, 2.05) is 0 Å². The monoisotopic (exact) mass is 742 g/mol. The average Bonchev–Trinajstić information content (AvgIpc) is 3.93. The second-order valence-electron chi connectivity index (χ2n) is 15.5. The van der Waals surface area contributed by atoms with Crippen molar-refractivity contribution in [1.82, 2.24) is 4.57 Å². The molecule has 8 aromatic carbocycles. The summed E-state index contributed by atoms with van der Waals surface area (Å²) < 4.78 is 8.96. The Morgan fingerprint density at radius 1 is 0.483 bits per heavy atom. The van der Waals surface area contributed by atoms with E-state index in [4.69, 9.17) is 4.42 Å². The van der Waals surface area contributed by atoms with Gasteiger partial charge in [-0.05, 0) is 113 Å². The normalized spacial score (nSPS) is 13.8. The highest BCUT2D eigenvalue weighted by atomic mass is 16.3. The summed E-state index contributed by atoms with van der Waals surface area (Å²) in [5, 5.41) is 3.62. The number of hydrogen-bond donors (Lipinski definition) is 0. The van der Waals surface area contributed by atoms with E-state index < -0.39 is 5.41 Å². The van der Waals surface area contributed by atoms with Crippen molar-refractivity contribution in [3.05, 3.63) is 234 Å². The van der Waals surface area contributed by atoms with E-state index in [0.29, 0.717) is 0 Å². The molecular weight excluding hydrogens is 705 g/mol. The lowest BCUT2D eigenvalue weighted by molar-refractivity contribution is 0.595. The van der Waals surface area contributed by atoms with Crippen LogP contribution in [0.2, 0.25) is 0 Å². The smallest absolute Gasteiger partial charge is 0.137 e. The van der Waals surface area contributed by atoms with Gasteiger partial charge in [0.15, 0.2) is 0 Å². The lowest BCUT2D eigenvalue weighted by Crippen LogP contribution is -2.28. The van der Waals surface area contributed by atoms with Crippen LogP contribution < -0.4 is 4.90 Å². The van der Waals surface area contributed by atoms with Crippen LogP contribution in [0.4, 0.5) is 17.1 Å². The highest BCUT2D eigenvalue weighted by molar-refractivity contribution is 6.11. The predicted molar refractivity (Wildman–Crippen MR) is 240 cm³/mol. The molecule has 2 aliphatic carbocycles. The van der Waals surface area contributed by atoms with E-state index in [1.165, 1.54) is 66.1 Å². The summed E-state index contributed by atoms with van der Waals surface area (Å²) in [6, 6.07) is 71.3. The highest BCUT2D eigenvalue weighted by Crippen LogP contribution is 2.57. The lowest BCUT2D eigenvalue weighted by atomic mass is 9.67. The van der Waals surface area contributed by atoms with E-state index >= 15 is 0 Å². The SMILES string of the molecule is C1=Cc2oc3cc(N(c4ccc5c(c4)C(c4ccccc4)(c4ccccc4)c4ccccc4-5)c4ccc5c(c4)c4ccccc4n5-c4ccccc4)ccc3c2CC1. The predicted octanol–water partition coefficient (Wildman–Crippen LogP) is 14.3. The molecule has 0 atom stereocenters. The standard InChI is InChI=1S/C55H38N2O/c1-4-16-37(17-5-1)55(38-18-6-2-7-19-38)49-25-13-10-22-43(49)44-31-28-41(35-50(44)55)56(42-29-32-47-46-24-12-15-27-53(46)58-54(47)36-42)40-30-33-52-48(34-40)45-23-11-14-26-51(45)57(52)39-20-8-3-9-21-39/h1-11,13-23,25-36H,12,24H2. The fraction of sp³-hybridized carbons (Fsp3) is 0.0545. The summed E-state index contributed by atoms with van der Waals surface area (Å²) in [5.41, 5.74) is 16.0. The molecule has 2 aliphatic rings. The van der Waals surface area contributed by atoms with E-state index in [0.717, 1.165) is 46.9 Å². The molecule has 0 saturated carbocycles. The zero-order valence-electron chi connectivity index (χ0n) is 31.8. The molecule has 0 fully saturated rings. The van der Waals surface area contributed by atoms with Crippen molar-refractivity contribution in [3.8, 4) is 16.8 Å². The molecule has 12 rings (SSSR count). The molecule has 0 unspecified atom stereocenters. The Kier molecular flexibility index (Phi) is 7.27. The number of aryl methyl sites for hydroxylation is 1. The van der Waals surface area contributed by atoms with Crippen molar-refractivity contribution in [2.75, 3.05) is 4.90 Å². The van der Waals surface area contributed by atoms with Gasteiger partial charge in [-0.3, -0.25) is 0 Å². The van der Waals surface area contributed by atoms with Gasteiger partial charge in [-0.25, -0.2) is 0 Å². The molecule has 58 heavy (non-hydrogen) atoms. The zero-order chi connectivity index (χ0) is 38.2. The minimum absolute atomic E-state index is 0.514. The number of benzene rings is 8. The van der Waals surface area contributed by atoms with Gasteiger partial charge in [-0.2, -0.15) is 0 Å². The number of furan rings is 1. The molecular formula is C55H38N2O. The summed E-state index contributed by atoms with van der Waals surface area (Å²) in [5.74, 6) is 0.978. The Labute approximate surface area is 337 Å². The third-order valence-electron chi connectivity index (χ3n) is 12.5. The van der Waals surface area contributed by atoms with E-state index in [2.05, 4.69) is 216 Å². The average molecular weight is 743 g/mol. The van der Waals surface area contributed by atoms with Crippen molar-refractivity contribution in [2.24, 2.45) is 0 Å². The minimum Gasteiger partial charge on any atom is -0.456 e. The van der Waals surface area contributed by atoms with Crippen LogP contribution in [0.1, 0.15) is 40.0 Å². The van der Waals surface area contributed by atoms with E-state index in [9.17, 15) is 0 Å². The van der Waals surface area contributed by atoms with E-state index in [-0.39, 0.29) is 0 Å². The summed E-state index contributed by atoms with van der Waals surface area (Å²) in [6.07, 6.45) is 6.38. The molecule has 0 amide bonds. The molecule has 3 nitrogen and oxygen atoms in total. The van der Waals surface area contributed by atoms with Crippen molar-refractivity contribution in [3.63, 3.8) is 0 Å². The summed E-state index contributed by atoms with van der Waals surface area (Å²) >= 11 is 0. The first-order valence-corrected chi connectivity index (χ1v) is 20.2. The van der Waals surface area contributed by atoms with Gasteiger partial charge in [-0.15, -0.1) is 0 Å². The second-order valence-corrected chi connectivity index (χ2v) is 15.5. The molecule has 274 valence electrons. The Balaban J connectivity index is 1.13. The third kappa shape index (κ3) is 4.74. The molecule has 0 radical (unpaired) electrons. The largest absolute Gasteiger partial charge is 0.456 e. The Hall–Kier alpha value is -7.36. The number of anilines is 3. The zero-order valence-corrected chi connectivity index (χ0v) is 31.8. The summed E-state index contributed by atoms with van der Waals surface area (Å²) in [6.45, 7) is 0. The van der Waals surface area contributed by atoms with Crippen LogP contribution in [-0.4, -0.2) is 4.57 Å². The number of aromatic nitrogens is 1. The van der Waals surface area contributed by atoms with Gasteiger partial charge in [0.05, 0.1) is 16.4 Å². The van der Waals surface area contributed by atoms with Crippen LogP contribution in [-0.2, 0) is 11.8 Å². The van der Waals surface area contributed by atoms with Crippen LogP contribution in [0.3, 0.4) is 0 Å². The topological polar surface area (TPSA) is 21.3 Å². The number of allylic oxidation sites excluding steroid dienone is 1. The summed E-state index contributed by atoms with van der Waals surface area (Å²) in [7, 11) is 0. The maximum Gasteiger partial charge on any atom is 0.137 e. The first-order chi connectivity index (χ1) is 28.8. The molecule has 2 aromatic heterocycles. The fourth-order valence-corrected chi connectivity index (χ4v) is 10.1. The van der Waals surface area contributed by atoms with Gasteiger partial charge >= 0.3 is 0 Å². The quantitative estimate of drug-likeness (QED) is 0.169. The fourth-order valence-electron chi connectivity index (χ4n) is 10.1. The van der Waals surface area contributed by atoms with Crippen molar-refractivity contribution in [2.45, 2.75) is 18.3 Å². The number of rotatable bonds is 6. The van der Waals surface area contributed by atoms with Crippen LogP contribution in [0.25, 0.3) is 55.7 Å². The number of fused-ring (bicyclic) bond motifs is 9. The summed E-state index contributed by atoms with van der Waals surface area (Å²) in [4.78, 5) is 2.43. The van der Waals surface area contributed by atoms with Gasteiger partial charge < -0.3 is 13.9 Å². The Morgan fingerprint density at radius 3 is 1.91 bits per heavy atom. The number of hydrogen-bond acceptors (Lipinski definition) is 2. The Bertz CT molecular complexity index is 3190. The molecule has 10 aromatic rings. The highest BCUT2D eigenvalue weighted by Gasteiger charge is 2.46. The van der Waals surface area contributed by atoms with E-state index in [1.54, 1.807) is 0 Å².